The van der Waals surface area contributed by atoms with Gasteiger partial charge in [0.05, 0.1) is 26.4 Å². The minimum Gasteiger partial charge on any atom is -0.382 e. The molecular formula is C14H30IN3O2S. The number of aliphatic imine (C=N–C) groups is 1. The van der Waals surface area contributed by atoms with E-state index in [-0.39, 0.29) is 24.0 Å². The van der Waals surface area contributed by atoms with Gasteiger partial charge in [-0.15, -0.1) is 24.0 Å². The van der Waals surface area contributed by atoms with Crippen molar-refractivity contribution in [2.24, 2.45) is 4.99 Å². The molecule has 1 atom stereocenters. The summed E-state index contributed by atoms with van der Waals surface area (Å²) in [6.45, 7) is 10.1. The summed E-state index contributed by atoms with van der Waals surface area (Å²) in [7, 11) is 1.68. The van der Waals surface area contributed by atoms with E-state index in [0.29, 0.717) is 26.4 Å². The van der Waals surface area contributed by atoms with Gasteiger partial charge in [-0.05, 0) is 13.3 Å². The molecule has 0 amide bonds. The number of methoxy groups -OCH3 is 1. The van der Waals surface area contributed by atoms with Gasteiger partial charge in [-0.1, -0.05) is 6.92 Å². The second-order valence-corrected chi connectivity index (χ2v) is 6.10. The van der Waals surface area contributed by atoms with Crippen molar-refractivity contribution in [3.05, 3.63) is 0 Å². The maximum Gasteiger partial charge on any atom is 0.194 e. The monoisotopic (exact) mass is 431 g/mol. The van der Waals surface area contributed by atoms with Crippen LogP contribution in [0.1, 0.15) is 20.3 Å². The maximum atomic E-state index is 5.45. The van der Waals surface area contributed by atoms with Crippen LogP contribution in [0.15, 0.2) is 4.99 Å². The van der Waals surface area contributed by atoms with Crippen LogP contribution in [-0.2, 0) is 9.47 Å². The van der Waals surface area contributed by atoms with E-state index in [0.717, 1.165) is 30.8 Å². The summed E-state index contributed by atoms with van der Waals surface area (Å²) in [4.78, 5) is 7.04. The molecule has 0 aromatic heterocycles. The fourth-order valence-corrected chi connectivity index (χ4v) is 3.23. The molecule has 0 radical (unpaired) electrons. The predicted octanol–water partition coefficient (Wildman–Crippen LogP) is 2.06. The van der Waals surface area contributed by atoms with Crippen LogP contribution >= 0.6 is 35.7 Å². The van der Waals surface area contributed by atoms with Gasteiger partial charge < -0.3 is 19.7 Å². The van der Waals surface area contributed by atoms with Crippen LogP contribution in [0.5, 0.6) is 0 Å². The lowest BCUT2D eigenvalue weighted by molar-refractivity contribution is 0.0747. The summed E-state index contributed by atoms with van der Waals surface area (Å²) < 4.78 is 10.4. The molecule has 21 heavy (non-hydrogen) atoms. The first-order valence-electron chi connectivity index (χ1n) is 7.53. The van der Waals surface area contributed by atoms with Crippen molar-refractivity contribution >= 4 is 41.7 Å². The number of nitrogens with one attached hydrogen (secondary N) is 1. The largest absolute Gasteiger partial charge is 0.382 e. The number of halogens is 1. The van der Waals surface area contributed by atoms with E-state index in [1.807, 2.05) is 0 Å². The standard InChI is InChI=1S/C14H29N3O2S.HI/c1-4-13-12-17(7-11-20-13)14(15-5-2)16-6-8-19-10-9-18-3;/h13H,4-12H2,1-3H3,(H,15,16);1H. The van der Waals surface area contributed by atoms with E-state index in [9.17, 15) is 0 Å². The second-order valence-electron chi connectivity index (χ2n) is 4.69. The van der Waals surface area contributed by atoms with Gasteiger partial charge in [0.15, 0.2) is 5.96 Å². The number of ether oxygens (including phenoxy) is 2. The Bertz CT molecular complexity index is 283. The van der Waals surface area contributed by atoms with Gasteiger partial charge in [-0.3, -0.25) is 4.99 Å². The topological polar surface area (TPSA) is 46.1 Å². The molecule has 1 saturated heterocycles. The minimum atomic E-state index is 0. The Morgan fingerprint density at radius 1 is 1.33 bits per heavy atom. The number of rotatable bonds is 8. The van der Waals surface area contributed by atoms with E-state index in [1.54, 1.807) is 7.11 Å². The van der Waals surface area contributed by atoms with E-state index in [2.05, 4.69) is 40.8 Å². The highest BCUT2D eigenvalue weighted by Gasteiger charge is 2.21. The number of nitrogens with zero attached hydrogens (tertiary/aromatic N) is 2. The first-order valence-corrected chi connectivity index (χ1v) is 8.58. The lowest BCUT2D eigenvalue weighted by atomic mass is 10.3. The van der Waals surface area contributed by atoms with Gasteiger partial charge in [0.1, 0.15) is 0 Å². The van der Waals surface area contributed by atoms with Gasteiger partial charge in [-0.25, -0.2) is 0 Å². The van der Waals surface area contributed by atoms with E-state index in [4.69, 9.17) is 9.47 Å². The zero-order valence-corrected chi connectivity index (χ0v) is 16.6. The quantitative estimate of drug-likeness (QED) is 0.276. The van der Waals surface area contributed by atoms with Crippen LogP contribution in [0.2, 0.25) is 0 Å². The molecule has 1 aliphatic heterocycles. The SMILES string of the molecule is CCNC(=NCCOCCOC)N1CCSC(CC)C1.I. The average molecular weight is 431 g/mol. The van der Waals surface area contributed by atoms with Crippen molar-refractivity contribution in [3.8, 4) is 0 Å². The van der Waals surface area contributed by atoms with Gasteiger partial charge in [0, 0.05) is 37.7 Å². The van der Waals surface area contributed by atoms with Crippen LogP contribution < -0.4 is 5.32 Å². The fourth-order valence-electron chi connectivity index (χ4n) is 2.04. The van der Waals surface area contributed by atoms with Crippen LogP contribution in [0.3, 0.4) is 0 Å². The smallest absolute Gasteiger partial charge is 0.194 e. The molecule has 1 aliphatic rings. The molecule has 126 valence electrons. The molecule has 0 saturated carbocycles. The van der Waals surface area contributed by atoms with Crippen molar-refractivity contribution in [2.45, 2.75) is 25.5 Å². The number of thioether (sulfide) groups is 1. The summed E-state index contributed by atoms with van der Waals surface area (Å²) in [5.41, 5.74) is 0. The highest BCUT2D eigenvalue weighted by molar-refractivity contribution is 14.0. The second kappa shape index (κ2) is 13.9. The third-order valence-corrected chi connectivity index (χ3v) is 4.53. The lowest BCUT2D eigenvalue weighted by Crippen LogP contribution is -2.48. The Balaban J connectivity index is 0.00000400. The Morgan fingerprint density at radius 2 is 2.14 bits per heavy atom. The Morgan fingerprint density at radius 3 is 2.81 bits per heavy atom. The number of hydrogen-bond acceptors (Lipinski definition) is 4. The van der Waals surface area contributed by atoms with Gasteiger partial charge in [0.25, 0.3) is 0 Å². The third-order valence-electron chi connectivity index (χ3n) is 3.16. The molecule has 1 fully saturated rings. The zero-order chi connectivity index (χ0) is 14.6. The molecule has 0 bridgehead atoms. The first-order chi connectivity index (χ1) is 9.81. The molecule has 5 nitrogen and oxygen atoms in total. The maximum absolute atomic E-state index is 5.45. The summed E-state index contributed by atoms with van der Waals surface area (Å²) in [6, 6.07) is 0. The van der Waals surface area contributed by atoms with Crippen molar-refractivity contribution in [2.75, 3.05) is 58.9 Å². The van der Waals surface area contributed by atoms with Crippen LogP contribution in [-0.4, -0.2) is 75.0 Å². The highest BCUT2D eigenvalue weighted by Crippen LogP contribution is 2.20. The molecule has 0 aromatic rings. The predicted molar refractivity (Wildman–Crippen MR) is 102 cm³/mol. The number of guanidine groups is 1. The summed E-state index contributed by atoms with van der Waals surface area (Å²) in [5, 5.41) is 4.11. The van der Waals surface area contributed by atoms with Gasteiger partial charge in [-0.2, -0.15) is 11.8 Å². The highest BCUT2D eigenvalue weighted by atomic mass is 127. The zero-order valence-electron chi connectivity index (χ0n) is 13.5. The van der Waals surface area contributed by atoms with Gasteiger partial charge in [0.2, 0.25) is 0 Å². The molecule has 1 unspecified atom stereocenters. The lowest BCUT2D eigenvalue weighted by Gasteiger charge is -2.34. The molecule has 1 N–H and O–H groups in total. The van der Waals surface area contributed by atoms with Crippen molar-refractivity contribution in [3.63, 3.8) is 0 Å². The number of hydrogen-bond donors (Lipinski definition) is 1. The third kappa shape index (κ3) is 9.10. The molecular weight excluding hydrogens is 401 g/mol. The van der Waals surface area contributed by atoms with E-state index < -0.39 is 0 Å². The summed E-state index contributed by atoms with van der Waals surface area (Å²) in [5.74, 6) is 2.22. The van der Waals surface area contributed by atoms with Crippen molar-refractivity contribution in [1.82, 2.24) is 10.2 Å². The van der Waals surface area contributed by atoms with Crippen LogP contribution in [0.25, 0.3) is 0 Å². The molecule has 7 heteroatoms. The normalized spacial score (nSPS) is 19.3. The van der Waals surface area contributed by atoms with Crippen LogP contribution in [0.4, 0.5) is 0 Å². The van der Waals surface area contributed by atoms with E-state index >= 15 is 0 Å². The fraction of sp³-hybridized carbons (Fsp3) is 0.929. The summed E-state index contributed by atoms with van der Waals surface area (Å²) in [6.07, 6.45) is 1.22. The molecule has 1 heterocycles. The Hall–Kier alpha value is 0.270. The Kier molecular flexibility index (Phi) is 14.1. The summed E-state index contributed by atoms with van der Waals surface area (Å²) >= 11 is 2.08. The average Bonchev–Trinajstić information content (AvgIpc) is 2.49. The van der Waals surface area contributed by atoms with Crippen LogP contribution in [0, 0.1) is 0 Å². The molecule has 1 rings (SSSR count). The molecule has 0 aliphatic carbocycles. The van der Waals surface area contributed by atoms with E-state index in [1.165, 1.54) is 12.2 Å². The van der Waals surface area contributed by atoms with Crippen molar-refractivity contribution < 1.29 is 9.47 Å². The first kappa shape index (κ1) is 21.3. The minimum absolute atomic E-state index is 0. The molecule has 0 aromatic carbocycles. The molecule has 0 spiro atoms. The van der Waals surface area contributed by atoms with Crippen molar-refractivity contribution in [1.29, 1.82) is 0 Å². The van der Waals surface area contributed by atoms with Gasteiger partial charge >= 0.3 is 0 Å². The Labute approximate surface area is 150 Å².